The Morgan fingerprint density at radius 1 is 1.31 bits per heavy atom. The first kappa shape index (κ1) is 11.3. The Labute approximate surface area is 104 Å². The van der Waals surface area contributed by atoms with Gasteiger partial charge in [-0.25, -0.2) is 0 Å². The second-order valence-corrected chi connectivity index (χ2v) is 5.28. The van der Waals surface area contributed by atoms with Crippen molar-refractivity contribution in [1.29, 1.82) is 0 Å². The van der Waals surface area contributed by atoms with E-state index in [4.69, 9.17) is 22.1 Å². The molecule has 0 atom stereocenters. The molecule has 0 bridgehead atoms. The van der Waals surface area contributed by atoms with Crippen molar-refractivity contribution >= 4 is 28.6 Å². The summed E-state index contributed by atoms with van der Waals surface area (Å²) in [6.45, 7) is 2.47. The maximum Gasteiger partial charge on any atom is 0.143 e. The summed E-state index contributed by atoms with van der Waals surface area (Å²) in [7, 11) is 0. The molecule has 0 saturated heterocycles. The van der Waals surface area contributed by atoms with Gasteiger partial charge in [0.25, 0.3) is 0 Å². The third kappa shape index (κ3) is 2.49. The zero-order valence-electron chi connectivity index (χ0n) is 8.87. The van der Waals surface area contributed by atoms with Crippen LogP contribution in [0, 0.1) is 6.92 Å². The average Bonchev–Trinajstić information content (AvgIpc) is 2.67. The van der Waals surface area contributed by atoms with E-state index >= 15 is 0 Å². The van der Waals surface area contributed by atoms with Crippen LogP contribution in [-0.2, 0) is 6.61 Å². The highest BCUT2D eigenvalue weighted by molar-refractivity contribution is 7.16. The van der Waals surface area contributed by atoms with Gasteiger partial charge in [0, 0.05) is 4.88 Å². The molecule has 0 amide bonds. The third-order valence-corrected chi connectivity index (χ3v) is 3.49. The molecule has 0 spiro atoms. The molecule has 0 saturated carbocycles. The summed E-state index contributed by atoms with van der Waals surface area (Å²) in [5.41, 5.74) is 7.63. The lowest BCUT2D eigenvalue weighted by Gasteiger charge is -2.09. The molecule has 2 rings (SSSR count). The molecule has 0 aliphatic carbocycles. The SMILES string of the molecule is Cc1cccc(OCc2ccc(Cl)s2)c1N. The Bertz CT molecular complexity index is 496. The van der Waals surface area contributed by atoms with Gasteiger partial charge < -0.3 is 10.5 Å². The number of nitrogen functional groups attached to an aromatic ring is 1. The van der Waals surface area contributed by atoms with Crippen molar-refractivity contribution in [3.05, 3.63) is 45.1 Å². The minimum atomic E-state index is 0.505. The van der Waals surface area contributed by atoms with Crippen molar-refractivity contribution < 1.29 is 4.74 Å². The molecule has 84 valence electrons. The van der Waals surface area contributed by atoms with E-state index in [2.05, 4.69) is 0 Å². The van der Waals surface area contributed by atoms with Crippen molar-refractivity contribution in [3.63, 3.8) is 0 Å². The van der Waals surface area contributed by atoms with E-state index in [-0.39, 0.29) is 0 Å². The van der Waals surface area contributed by atoms with Crippen molar-refractivity contribution in [1.82, 2.24) is 0 Å². The first-order valence-corrected chi connectivity index (χ1v) is 6.08. The molecule has 1 aromatic heterocycles. The Morgan fingerprint density at radius 3 is 2.81 bits per heavy atom. The first-order chi connectivity index (χ1) is 7.66. The maximum absolute atomic E-state index is 5.90. The van der Waals surface area contributed by atoms with Gasteiger partial charge in [-0.1, -0.05) is 23.7 Å². The van der Waals surface area contributed by atoms with Crippen molar-refractivity contribution in [3.8, 4) is 5.75 Å². The number of benzene rings is 1. The first-order valence-electron chi connectivity index (χ1n) is 4.89. The standard InChI is InChI=1S/C12H12ClNOS/c1-8-3-2-4-10(12(8)14)15-7-9-5-6-11(13)16-9/h2-6H,7,14H2,1H3. The minimum Gasteiger partial charge on any atom is -0.486 e. The highest BCUT2D eigenvalue weighted by atomic mass is 35.5. The molecule has 2 nitrogen and oxygen atoms in total. The van der Waals surface area contributed by atoms with Crippen molar-refractivity contribution in [2.24, 2.45) is 0 Å². The van der Waals surface area contributed by atoms with E-state index in [1.54, 1.807) is 0 Å². The fourth-order valence-corrected chi connectivity index (χ4v) is 2.36. The van der Waals surface area contributed by atoms with E-state index in [1.807, 2.05) is 37.3 Å². The van der Waals surface area contributed by atoms with Crippen LogP contribution in [0.4, 0.5) is 5.69 Å². The highest BCUT2D eigenvalue weighted by Crippen LogP contribution is 2.27. The lowest BCUT2D eigenvalue weighted by molar-refractivity contribution is 0.311. The Balaban J connectivity index is 2.07. The van der Waals surface area contributed by atoms with Gasteiger partial charge in [0.15, 0.2) is 0 Å². The van der Waals surface area contributed by atoms with Crippen LogP contribution in [0.3, 0.4) is 0 Å². The van der Waals surface area contributed by atoms with E-state index in [0.29, 0.717) is 12.3 Å². The van der Waals surface area contributed by atoms with Gasteiger partial charge in [0.1, 0.15) is 12.4 Å². The zero-order valence-corrected chi connectivity index (χ0v) is 10.4. The molecule has 16 heavy (non-hydrogen) atoms. The Morgan fingerprint density at radius 2 is 2.12 bits per heavy atom. The van der Waals surface area contributed by atoms with Gasteiger partial charge in [0.2, 0.25) is 0 Å². The summed E-state index contributed by atoms with van der Waals surface area (Å²) in [4.78, 5) is 1.09. The number of thiophene rings is 1. The monoisotopic (exact) mass is 253 g/mol. The highest BCUT2D eigenvalue weighted by Gasteiger charge is 2.04. The predicted molar refractivity (Wildman–Crippen MR) is 69.3 cm³/mol. The molecule has 2 aromatic rings. The minimum absolute atomic E-state index is 0.505. The van der Waals surface area contributed by atoms with Crippen LogP contribution in [-0.4, -0.2) is 0 Å². The molecule has 1 heterocycles. The summed E-state index contributed by atoms with van der Waals surface area (Å²) in [5, 5.41) is 0. The lowest BCUT2D eigenvalue weighted by Crippen LogP contribution is -1.98. The largest absolute Gasteiger partial charge is 0.486 e. The summed E-state index contributed by atoms with van der Waals surface area (Å²) < 4.78 is 6.42. The van der Waals surface area contributed by atoms with Gasteiger partial charge in [0.05, 0.1) is 10.0 Å². The quantitative estimate of drug-likeness (QED) is 0.843. The van der Waals surface area contributed by atoms with E-state index in [0.717, 1.165) is 20.5 Å². The average molecular weight is 254 g/mol. The van der Waals surface area contributed by atoms with E-state index in [9.17, 15) is 0 Å². The number of para-hydroxylation sites is 1. The molecule has 0 radical (unpaired) electrons. The number of aryl methyl sites for hydroxylation is 1. The van der Waals surface area contributed by atoms with Gasteiger partial charge in [-0.2, -0.15) is 0 Å². The number of anilines is 1. The molecule has 0 aliphatic rings. The molecule has 2 N–H and O–H groups in total. The number of hydrogen-bond acceptors (Lipinski definition) is 3. The van der Waals surface area contributed by atoms with Crippen molar-refractivity contribution in [2.75, 3.05) is 5.73 Å². The molecular weight excluding hydrogens is 242 g/mol. The molecule has 1 aromatic carbocycles. The number of ether oxygens (including phenoxy) is 1. The van der Waals surface area contributed by atoms with Gasteiger partial charge in [-0.3, -0.25) is 0 Å². The lowest BCUT2D eigenvalue weighted by atomic mass is 10.2. The second-order valence-electron chi connectivity index (χ2n) is 3.48. The van der Waals surface area contributed by atoms with Crippen LogP contribution in [0.5, 0.6) is 5.75 Å². The maximum atomic E-state index is 5.90. The van der Waals surface area contributed by atoms with Crippen molar-refractivity contribution in [2.45, 2.75) is 13.5 Å². The van der Waals surface area contributed by atoms with Gasteiger partial charge in [-0.15, -0.1) is 11.3 Å². The van der Waals surface area contributed by atoms with Crippen LogP contribution in [0.1, 0.15) is 10.4 Å². The summed E-state index contributed by atoms with van der Waals surface area (Å²) in [5.74, 6) is 0.726. The molecular formula is C12H12ClNOS. The normalized spacial score (nSPS) is 10.4. The Hall–Kier alpha value is -1.19. The fraction of sp³-hybridized carbons (Fsp3) is 0.167. The van der Waals surface area contributed by atoms with Gasteiger partial charge >= 0.3 is 0 Å². The zero-order chi connectivity index (χ0) is 11.5. The van der Waals surface area contributed by atoms with Crippen LogP contribution in [0.15, 0.2) is 30.3 Å². The van der Waals surface area contributed by atoms with E-state index in [1.165, 1.54) is 11.3 Å². The number of hydrogen-bond donors (Lipinski definition) is 1. The molecule has 0 aliphatic heterocycles. The topological polar surface area (TPSA) is 35.2 Å². The van der Waals surface area contributed by atoms with Crippen LogP contribution < -0.4 is 10.5 Å². The number of rotatable bonds is 3. The smallest absolute Gasteiger partial charge is 0.143 e. The Kier molecular flexibility index (Phi) is 3.36. The van der Waals surface area contributed by atoms with Crippen LogP contribution in [0.2, 0.25) is 4.34 Å². The predicted octanol–water partition coefficient (Wildman–Crippen LogP) is 3.87. The third-order valence-electron chi connectivity index (χ3n) is 2.28. The molecule has 0 unspecified atom stereocenters. The van der Waals surface area contributed by atoms with Crippen LogP contribution in [0.25, 0.3) is 0 Å². The fourth-order valence-electron chi connectivity index (χ4n) is 1.36. The summed E-state index contributed by atoms with van der Waals surface area (Å²) >= 11 is 7.35. The van der Waals surface area contributed by atoms with E-state index < -0.39 is 0 Å². The van der Waals surface area contributed by atoms with Gasteiger partial charge in [-0.05, 0) is 30.7 Å². The second kappa shape index (κ2) is 4.76. The number of halogens is 1. The molecule has 0 fully saturated rings. The summed E-state index contributed by atoms with van der Waals surface area (Å²) in [6.07, 6.45) is 0. The summed E-state index contributed by atoms with van der Waals surface area (Å²) in [6, 6.07) is 9.59. The number of nitrogens with two attached hydrogens (primary N) is 1. The molecule has 4 heteroatoms. The van der Waals surface area contributed by atoms with Crippen LogP contribution >= 0.6 is 22.9 Å².